The second-order valence-corrected chi connectivity index (χ2v) is 15.6. The maximum Gasteiger partial charge on any atom is 0.326 e. The molecule has 0 saturated carbocycles. The third kappa shape index (κ3) is 12.0. The lowest BCUT2D eigenvalue weighted by Gasteiger charge is -2.30. The highest BCUT2D eigenvalue weighted by molar-refractivity contribution is 5.98. The number of nitrogens with zero attached hydrogens (tertiary/aromatic N) is 1. The molecule has 0 spiro atoms. The van der Waals surface area contributed by atoms with Crippen LogP contribution < -0.4 is 27.0 Å². The predicted molar refractivity (Wildman–Crippen MR) is 234 cm³/mol. The molecule has 1 aliphatic heterocycles. The Morgan fingerprint density at radius 1 is 0.839 bits per heavy atom. The Hall–Kier alpha value is -6.74. The number of aliphatic carboxylic acids is 1. The topological polar surface area (TPSA) is 240 Å². The Morgan fingerprint density at radius 2 is 1.48 bits per heavy atom. The van der Waals surface area contributed by atoms with Gasteiger partial charge in [-0.2, -0.15) is 0 Å². The molecule has 4 aromatic carbocycles. The van der Waals surface area contributed by atoms with Gasteiger partial charge in [-0.3, -0.25) is 24.0 Å². The van der Waals surface area contributed by atoms with Crippen molar-refractivity contribution < 1.29 is 44.1 Å². The highest BCUT2D eigenvalue weighted by atomic mass is 16.4. The van der Waals surface area contributed by atoms with Gasteiger partial charge < -0.3 is 47.2 Å². The van der Waals surface area contributed by atoms with E-state index >= 15 is 0 Å². The van der Waals surface area contributed by atoms with Crippen LogP contribution in [0.15, 0.2) is 84.9 Å². The summed E-state index contributed by atoms with van der Waals surface area (Å²) in [5.74, 6) is -4.92. The molecule has 5 amide bonds. The monoisotopic (exact) mass is 848 g/mol. The minimum absolute atomic E-state index is 0.111. The number of unbranched alkanes of at least 4 members (excludes halogenated alkanes) is 2. The van der Waals surface area contributed by atoms with E-state index in [9.17, 15) is 44.1 Å². The van der Waals surface area contributed by atoms with Gasteiger partial charge in [0.1, 0.15) is 35.7 Å². The lowest BCUT2D eigenvalue weighted by atomic mass is 9.94. The van der Waals surface area contributed by atoms with Crippen molar-refractivity contribution in [1.82, 2.24) is 26.2 Å². The Labute approximate surface area is 361 Å². The van der Waals surface area contributed by atoms with Gasteiger partial charge in [-0.15, -0.1) is 0 Å². The number of rotatable bonds is 16. The number of carbonyl (C=O) groups is 6. The maximum absolute atomic E-state index is 14.0. The van der Waals surface area contributed by atoms with Crippen LogP contribution in [-0.4, -0.2) is 94.0 Å². The number of aryl methyl sites for hydroxylation is 1. The molecule has 0 aliphatic carbocycles. The number of carbonyl (C=O) groups excluding carboxylic acids is 5. The van der Waals surface area contributed by atoms with Crippen molar-refractivity contribution in [3.05, 3.63) is 107 Å². The van der Waals surface area contributed by atoms with Gasteiger partial charge in [0.25, 0.3) is 5.91 Å². The summed E-state index contributed by atoms with van der Waals surface area (Å²) in [5.41, 5.74) is 10.2. The average Bonchev–Trinajstić information content (AvgIpc) is 3.26. The molecule has 1 aliphatic rings. The number of nitrogens with two attached hydrogens (primary N) is 1. The zero-order valence-corrected chi connectivity index (χ0v) is 35.3. The van der Waals surface area contributed by atoms with E-state index < -0.39 is 59.7 Å². The Bertz CT molecular complexity index is 2250. The molecule has 1 heterocycles. The van der Waals surface area contributed by atoms with Crippen LogP contribution in [-0.2, 0) is 36.8 Å². The van der Waals surface area contributed by atoms with E-state index in [-0.39, 0.29) is 47.6 Å². The van der Waals surface area contributed by atoms with Gasteiger partial charge in [-0.05, 0) is 110 Å². The lowest BCUT2D eigenvalue weighted by molar-refractivity contribution is -0.143. The van der Waals surface area contributed by atoms with Crippen molar-refractivity contribution >= 4 is 35.5 Å². The van der Waals surface area contributed by atoms with Gasteiger partial charge in [-0.1, -0.05) is 61.9 Å². The van der Waals surface area contributed by atoms with Crippen LogP contribution in [0.25, 0.3) is 22.3 Å². The Morgan fingerprint density at radius 3 is 2.13 bits per heavy atom. The molecule has 4 aromatic rings. The second kappa shape index (κ2) is 21.7. The predicted octanol–water partition coefficient (Wildman–Crippen LogP) is 4.34. The Balaban J connectivity index is 1.29. The first kappa shape index (κ1) is 46.3. The van der Waals surface area contributed by atoms with Crippen LogP contribution in [0.2, 0.25) is 0 Å². The van der Waals surface area contributed by atoms with E-state index in [2.05, 4.69) is 52.5 Å². The summed E-state index contributed by atoms with van der Waals surface area (Å²) in [7, 11) is 1.37. The number of likely N-dealkylation sites (N-methyl/N-ethyl adjacent to an activating group) is 1. The number of carboxylic acids is 1. The second-order valence-electron chi connectivity index (χ2n) is 15.6. The zero-order chi connectivity index (χ0) is 44.9. The SMILES string of the molecule is CCCCc1ccc(-c2ccc(C(=O)N[C@@H](CCCCN)C(=O)NCCC(=O)N(C)[C@@H]3C(=O)N[C@@H](C)C(=O)N[C@H](C(=O)O)Cc4ccc(O)c(c4)-c4cc3ccc4O)cc2)cc1. The molecular formula is C47H56N6O9. The van der Waals surface area contributed by atoms with Crippen molar-refractivity contribution in [1.29, 1.82) is 0 Å². The molecule has 15 nitrogen and oxygen atoms in total. The van der Waals surface area contributed by atoms with E-state index in [1.54, 1.807) is 12.1 Å². The van der Waals surface area contributed by atoms with Gasteiger partial charge in [0.15, 0.2) is 0 Å². The number of hydrogen-bond acceptors (Lipinski definition) is 9. The van der Waals surface area contributed by atoms with Crippen molar-refractivity contribution in [2.45, 2.75) is 89.4 Å². The van der Waals surface area contributed by atoms with Crippen LogP contribution in [0.5, 0.6) is 11.5 Å². The normalized spacial score (nSPS) is 16.8. The van der Waals surface area contributed by atoms with Gasteiger partial charge >= 0.3 is 5.97 Å². The largest absolute Gasteiger partial charge is 0.507 e. The highest BCUT2D eigenvalue weighted by Gasteiger charge is 2.33. The van der Waals surface area contributed by atoms with Gasteiger partial charge in [-0.25, -0.2) is 4.79 Å². The fraction of sp³-hybridized carbons (Fsp3) is 0.362. The molecule has 5 rings (SSSR count). The summed E-state index contributed by atoms with van der Waals surface area (Å²) < 4.78 is 0. The third-order valence-corrected chi connectivity index (χ3v) is 11.0. The number of phenols is 2. The molecule has 9 N–H and O–H groups in total. The van der Waals surface area contributed by atoms with E-state index in [1.807, 2.05) is 12.1 Å². The van der Waals surface area contributed by atoms with Crippen molar-refractivity contribution in [3.8, 4) is 33.8 Å². The molecule has 0 unspecified atom stereocenters. The fourth-order valence-corrected chi connectivity index (χ4v) is 7.30. The quantitative estimate of drug-likeness (QED) is 0.0743. The number of benzene rings is 4. The Kier molecular flexibility index (Phi) is 16.2. The van der Waals surface area contributed by atoms with E-state index in [4.69, 9.17) is 5.73 Å². The number of nitrogens with one attached hydrogen (secondary N) is 4. The minimum Gasteiger partial charge on any atom is -0.507 e. The number of carboxylic acid groups (broad SMARTS) is 1. The third-order valence-electron chi connectivity index (χ3n) is 11.0. The summed E-state index contributed by atoms with van der Waals surface area (Å²) in [4.78, 5) is 81.0. The van der Waals surface area contributed by atoms with Gasteiger partial charge in [0.2, 0.25) is 23.6 Å². The molecule has 0 aromatic heterocycles. The van der Waals surface area contributed by atoms with Crippen LogP contribution in [0.4, 0.5) is 0 Å². The number of aromatic hydroxyl groups is 2. The summed E-state index contributed by atoms with van der Waals surface area (Å²) >= 11 is 0. The van der Waals surface area contributed by atoms with Gasteiger partial charge in [0, 0.05) is 43.1 Å². The van der Waals surface area contributed by atoms with E-state index in [0.717, 1.165) is 35.3 Å². The molecule has 4 atom stereocenters. The van der Waals surface area contributed by atoms with Crippen LogP contribution in [0.1, 0.15) is 85.5 Å². The zero-order valence-electron chi connectivity index (χ0n) is 35.3. The molecule has 0 radical (unpaired) electrons. The van der Waals surface area contributed by atoms with Crippen LogP contribution in [0.3, 0.4) is 0 Å². The minimum atomic E-state index is -1.39. The number of hydrogen-bond donors (Lipinski definition) is 8. The summed E-state index contributed by atoms with van der Waals surface area (Å²) in [6.07, 6.45) is 4.34. The molecule has 0 fully saturated rings. The molecule has 328 valence electrons. The first-order chi connectivity index (χ1) is 29.7. The number of amides is 5. The average molecular weight is 849 g/mol. The summed E-state index contributed by atoms with van der Waals surface area (Å²) in [6, 6.07) is 19.0. The molecule has 15 heteroatoms. The van der Waals surface area contributed by atoms with Crippen molar-refractivity contribution in [2.24, 2.45) is 5.73 Å². The van der Waals surface area contributed by atoms with Crippen LogP contribution >= 0.6 is 0 Å². The van der Waals surface area contributed by atoms with Crippen molar-refractivity contribution in [3.63, 3.8) is 0 Å². The molecule has 4 bridgehead atoms. The fourth-order valence-electron chi connectivity index (χ4n) is 7.30. The number of phenolic OH excluding ortho intramolecular Hbond substituents is 2. The number of fused-ring (bicyclic) bond motifs is 5. The van der Waals surface area contributed by atoms with Crippen molar-refractivity contribution in [2.75, 3.05) is 20.1 Å². The smallest absolute Gasteiger partial charge is 0.326 e. The highest BCUT2D eigenvalue weighted by Crippen LogP contribution is 2.39. The first-order valence-corrected chi connectivity index (χ1v) is 20.9. The van der Waals surface area contributed by atoms with E-state index in [1.165, 1.54) is 55.9 Å². The molecule has 62 heavy (non-hydrogen) atoms. The maximum atomic E-state index is 14.0. The van der Waals surface area contributed by atoms with Gasteiger partial charge in [0.05, 0.1) is 0 Å². The first-order valence-electron chi connectivity index (χ1n) is 20.9. The van der Waals surface area contributed by atoms with E-state index in [0.29, 0.717) is 36.9 Å². The standard InChI is InChI=1S/C47H56N6O9/c1-4-5-8-29-10-13-31(14-11-29)32-15-17-33(18-16-32)44(58)51-37(9-6-7-23-48)45(59)49-24-22-41(56)53(3)42-34-19-21-40(55)36(27-34)35-25-30(12-20-39(35)54)26-38(47(61)62)52-43(57)28(2)50-46(42)60/h10-21,25,27-28,37-38,42,54-55H,4-9,22-24,26,48H2,1-3H3,(H,49,59)(H,50,60)(H,51,58)(H,52,57)(H,61,62)/t28-,37-,38-,42-/m0/s1. The summed E-state index contributed by atoms with van der Waals surface area (Å²) in [5, 5.41) is 42.1. The lowest BCUT2D eigenvalue weighted by Crippen LogP contribution is -2.53. The summed E-state index contributed by atoms with van der Waals surface area (Å²) in [6.45, 7) is 3.79. The molecule has 0 saturated heterocycles. The van der Waals surface area contributed by atoms with Crippen LogP contribution in [0, 0.1) is 0 Å². The molecular weight excluding hydrogens is 793 g/mol.